The number of likely N-dealkylation sites (N-methyl/N-ethyl adjacent to an activating group) is 1. The molecule has 0 unspecified atom stereocenters. The van der Waals surface area contributed by atoms with E-state index in [0.717, 1.165) is 18.4 Å². The first-order chi connectivity index (χ1) is 6.22. The molecular formula is C11H24N2. The number of rotatable bonds is 4. The third kappa shape index (κ3) is 4.10. The van der Waals surface area contributed by atoms with E-state index in [0.29, 0.717) is 6.04 Å². The van der Waals surface area contributed by atoms with Gasteiger partial charge in [0.15, 0.2) is 0 Å². The first kappa shape index (κ1) is 11.0. The van der Waals surface area contributed by atoms with Crippen LogP contribution in [0.5, 0.6) is 0 Å². The van der Waals surface area contributed by atoms with Crippen molar-refractivity contribution in [2.75, 3.05) is 13.6 Å². The molecule has 1 saturated carbocycles. The third-order valence-corrected chi connectivity index (χ3v) is 3.24. The summed E-state index contributed by atoms with van der Waals surface area (Å²) in [4.78, 5) is 0. The molecule has 1 aliphatic carbocycles. The lowest BCUT2D eigenvalue weighted by Crippen LogP contribution is -2.34. The van der Waals surface area contributed by atoms with E-state index < -0.39 is 0 Å². The molecule has 0 bridgehead atoms. The van der Waals surface area contributed by atoms with Gasteiger partial charge in [-0.25, -0.2) is 0 Å². The zero-order valence-corrected chi connectivity index (χ0v) is 9.05. The Morgan fingerprint density at radius 2 is 1.92 bits per heavy atom. The van der Waals surface area contributed by atoms with E-state index in [4.69, 9.17) is 5.73 Å². The molecule has 1 fully saturated rings. The van der Waals surface area contributed by atoms with Crippen molar-refractivity contribution >= 4 is 0 Å². The van der Waals surface area contributed by atoms with Crippen LogP contribution in [-0.4, -0.2) is 19.6 Å². The van der Waals surface area contributed by atoms with Gasteiger partial charge in [0.1, 0.15) is 0 Å². The fraction of sp³-hybridized carbons (Fsp3) is 1.00. The van der Waals surface area contributed by atoms with E-state index >= 15 is 0 Å². The molecule has 1 rings (SSSR count). The van der Waals surface area contributed by atoms with E-state index in [2.05, 4.69) is 12.2 Å². The van der Waals surface area contributed by atoms with Gasteiger partial charge in [-0.15, -0.1) is 0 Å². The Hall–Kier alpha value is -0.0800. The maximum atomic E-state index is 5.99. The Morgan fingerprint density at radius 1 is 1.31 bits per heavy atom. The second kappa shape index (κ2) is 5.61. The molecule has 2 heteroatoms. The standard InChI is InChI=1S/C11H24N2/c1-9-3-5-10(6-4-9)7-11(12)8-13-2/h9-11,13H,3-8,12H2,1-2H3/t9?,10?,11-/m0/s1. The van der Waals surface area contributed by atoms with Gasteiger partial charge in [-0.3, -0.25) is 0 Å². The van der Waals surface area contributed by atoms with Crippen molar-refractivity contribution in [3.8, 4) is 0 Å². The average Bonchev–Trinajstić information content (AvgIpc) is 2.09. The van der Waals surface area contributed by atoms with Gasteiger partial charge in [0.25, 0.3) is 0 Å². The molecule has 78 valence electrons. The minimum atomic E-state index is 0.364. The molecule has 1 atom stereocenters. The Bertz CT molecular complexity index is 128. The molecule has 0 heterocycles. The maximum absolute atomic E-state index is 5.99. The van der Waals surface area contributed by atoms with Crippen LogP contribution in [0.25, 0.3) is 0 Å². The summed E-state index contributed by atoms with van der Waals surface area (Å²) in [7, 11) is 1.98. The highest BCUT2D eigenvalue weighted by Gasteiger charge is 2.19. The summed E-state index contributed by atoms with van der Waals surface area (Å²) in [6.45, 7) is 3.33. The summed E-state index contributed by atoms with van der Waals surface area (Å²) in [6.07, 6.45) is 6.85. The van der Waals surface area contributed by atoms with Crippen molar-refractivity contribution in [2.45, 2.75) is 45.1 Å². The highest BCUT2D eigenvalue weighted by Crippen LogP contribution is 2.30. The van der Waals surface area contributed by atoms with Crippen molar-refractivity contribution in [1.82, 2.24) is 5.32 Å². The summed E-state index contributed by atoms with van der Waals surface area (Å²) in [5.74, 6) is 1.86. The van der Waals surface area contributed by atoms with Gasteiger partial charge in [-0.2, -0.15) is 0 Å². The fourth-order valence-corrected chi connectivity index (χ4v) is 2.34. The van der Waals surface area contributed by atoms with Crippen LogP contribution in [0.15, 0.2) is 0 Å². The average molecular weight is 184 g/mol. The molecule has 13 heavy (non-hydrogen) atoms. The molecule has 0 saturated heterocycles. The zero-order valence-electron chi connectivity index (χ0n) is 9.05. The van der Waals surface area contributed by atoms with Crippen LogP contribution in [0.2, 0.25) is 0 Å². The normalized spacial score (nSPS) is 31.6. The summed E-state index contributed by atoms with van der Waals surface area (Å²) in [6, 6.07) is 0.364. The van der Waals surface area contributed by atoms with Gasteiger partial charge in [0.2, 0.25) is 0 Å². The number of nitrogens with one attached hydrogen (secondary N) is 1. The molecule has 2 nitrogen and oxygen atoms in total. The van der Waals surface area contributed by atoms with Crippen molar-refractivity contribution in [1.29, 1.82) is 0 Å². The lowest BCUT2D eigenvalue weighted by atomic mass is 9.80. The lowest BCUT2D eigenvalue weighted by Gasteiger charge is -2.28. The highest BCUT2D eigenvalue weighted by atomic mass is 14.9. The van der Waals surface area contributed by atoms with Gasteiger partial charge in [-0.05, 0) is 25.3 Å². The largest absolute Gasteiger partial charge is 0.327 e. The molecule has 3 N–H and O–H groups in total. The van der Waals surface area contributed by atoms with Crippen LogP contribution in [0, 0.1) is 11.8 Å². The van der Waals surface area contributed by atoms with Crippen molar-refractivity contribution in [3.05, 3.63) is 0 Å². The highest BCUT2D eigenvalue weighted by molar-refractivity contribution is 4.75. The van der Waals surface area contributed by atoms with E-state index in [9.17, 15) is 0 Å². The maximum Gasteiger partial charge on any atom is 0.0167 e. The lowest BCUT2D eigenvalue weighted by molar-refractivity contribution is 0.264. The monoisotopic (exact) mass is 184 g/mol. The molecular weight excluding hydrogens is 160 g/mol. The minimum Gasteiger partial charge on any atom is -0.327 e. The smallest absolute Gasteiger partial charge is 0.0167 e. The Labute approximate surface area is 82.3 Å². The van der Waals surface area contributed by atoms with Gasteiger partial charge >= 0.3 is 0 Å². The summed E-state index contributed by atoms with van der Waals surface area (Å²) < 4.78 is 0. The van der Waals surface area contributed by atoms with Crippen molar-refractivity contribution in [3.63, 3.8) is 0 Å². The first-order valence-corrected chi connectivity index (χ1v) is 5.62. The molecule has 1 aliphatic rings. The van der Waals surface area contributed by atoms with Crippen molar-refractivity contribution in [2.24, 2.45) is 17.6 Å². The van der Waals surface area contributed by atoms with Crippen LogP contribution in [-0.2, 0) is 0 Å². The molecule has 0 aromatic rings. The SMILES string of the molecule is CNC[C@@H](N)CC1CCC(C)CC1. The Kier molecular flexibility index (Phi) is 4.74. The van der Waals surface area contributed by atoms with Crippen LogP contribution >= 0.6 is 0 Å². The van der Waals surface area contributed by atoms with Gasteiger partial charge < -0.3 is 11.1 Å². The third-order valence-electron chi connectivity index (χ3n) is 3.24. The predicted molar refractivity (Wildman–Crippen MR) is 57.6 cm³/mol. The van der Waals surface area contributed by atoms with Crippen LogP contribution < -0.4 is 11.1 Å². The molecule has 0 amide bonds. The van der Waals surface area contributed by atoms with Crippen molar-refractivity contribution < 1.29 is 0 Å². The van der Waals surface area contributed by atoms with Gasteiger partial charge in [0, 0.05) is 12.6 Å². The quantitative estimate of drug-likeness (QED) is 0.698. The van der Waals surface area contributed by atoms with E-state index in [-0.39, 0.29) is 0 Å². The molecule has 0 spiro atoms. The first-order valence-electron chi connectivity index (χ1n) is 5.62. The Balaban J connectivity index is 2.14. The number of hydrogen-bond donors (Lipinski definition) is 2. The number of nitrogens with two attached hydrogens (primary N) is 1. The summed E-state index contributed by atoms with van der Waals surface area (Å²) in [5, 5.41) is 3.14. The second-order valence-corrected chi connectivity index (χ2v) is 4.68. The predicted octanol–water partition coefficient (Wildman–Crippen LogP) is 1.75. The molecule has 0 aliphatic heterocycles. The topological polar surface area (TPSA) is 38.0 Å². The number of hydrogen-bond acceptors (Lipinski definition) is 2. The summed E-state index contributed by atoms with van der Waals surface area (Å²) in [5.41, 5.74) is 5.99. The van der Waals surface area contributed by atoms with E-state index in [1.165, 1.54) is 32.1 Å². The molecule has 0 aromatic heterocycles. The van der Waals surface area contributed by atoms with Gasteiger partial charge in [0.05, 0.1) is 0 Å². The second-order valence-electron chi connectivity index (χ2n) is 4.68. The zero-order chi connectivity index (χ0) is 9.68. The molecule has 0 radical (unpaired) electrons. The van der Waals surface area contributed by atoms with E-state index in [1.807, 2.05) is 7.05 Å². The summed E-state index contributed by atoms with van der Waals surface area (Å²) >= 11 is 0. The van der Waals surface area contributed by atoms with Crippen LogP contribution in [0.4, 0.5) is 0 Å². The van der Waals surface area contributed by atoms with Crippen LogP contribution in [0.3, 0.4) is 0 Å². The minimum absolute atomic E-state index is 0.364. The molecule has 0 aromatic carbocycles. The Morgan fingerprint density at radius 3 is 2.46 bits per heavy atom. The van der Waals surface area contributed by atoms with Crippen LogP contribution in [0.1, 0.15) is 39.0 Å². The van der Waals surface area contributed by atoms with E-state index in [1.54, 1.807) is 0 Å². The van der Waals surface area contributed by atoms with Gasteiger partial charge in [-0.1, -0.05) is 32.6 Å². The fourth-order valence-electron chi connectivity index (χ4n) is 2.34.